The Morgan fingerprint density at radius 2 is 0.750 bits per heavy atom. The van der Waals surface area contributed by atoms with Crippen LogP contribution < -0.4 is 15.9 Å². The molecule has 3 aromatic rings. The van der Waals surface area contributed by atoms with Crippen LogP contribution in [-0.4, -0.2) is 0 Å². The van der Waals surface area contributed by atoms with Crippen molar-refractivity contribution in [2.75, 3.05) is 0 Å². The molecule has 0 amide bonds. The van der Waals surface area contributed by atoms with Crippen molar-refractivity contribution in [3.63, 3.8) is 0 Å². The monoisotopic (exact) mass is 480 g/mol. The van der Waals surface area contributed by atoms with Gasteiger partial charge in [0.15, 0.2) is 0 Å². The third-order valence-corrected chi connectivity index (χ3v) is 6.59. The maximum atomic E-state index is 7.50. The van der Waals surface area contributed by atoms with E-state index in [1.54, 1.807) is 0 Å². The number of allylic oxidation sites excluding steroid dienone is 6. The molecule has 0 N–H and O–H groups in total. The second kappa shape index (κ2) is 20.2. The van der Waals surface area contributed by atoms with Crippen LogP contribution in [-0.2, 0) is 26.4 Å². The third-order valence-electron chi connectivity index (χ3n) is 4.15. The van der Waals surface area contributed by atoms with Gasteiger partial charge < -0.3 is 0 Å². The molecule has 0 aliphatic heterocycles. The zero-order valence-corrected chi connectivity index (χ0v) is 19.7. The summed E-state index contributed by atoms with van der Waals surface area (Å²) in [7, 11) is -0.446. The Morgan fingerprint density at radius 3 is 1.03 bits per heavy atom. The van der Waals surface area contributed by atoms with Gasteiger partial charge in [-0.05, 0) is 36.7 Å². The summed E-state index contributed by atoms with van der Waals surface area (Å²) in [6.45, 7) is 9.00. The molecule has 0 saturated heterocycles. The van der Waals surface area contributed by atoms with Gasteiger partial charge in [0.25, 0.3) is 0 Å². The van der Waals surface area contributed by atoms with Crippen LogP contribution in [0.2, 0.25) is 0 Å². The zero-order valence-electron chi connectivity index (χ0n) is 17.7. The van der Waals surface area contributed by atoms with E-state index in [1.807, 2.05) is 0 Å². The SMILES string of the molecule is C1=CC=CCCC=C1.[C-]#[O+].[C-]#[O+].[Fe].c1ccc(P(c2ccccc2)c2ccccc2)cc1. The van der Waals surface area contributed by atoms with E-state index in [0.717, 1.165) is 0 Å². The molecule has 0 radical (unpaired) electrons. The van der Waals surface area contributed by atoms with Crippen LogP contribution in [0.4, 0.5) is 0 Å². The van der Waals surface area contributed by atoms with Crippen LogP contribution in [0.1, 0.15) is 12.8 Å². The minimum absolute atomic E-state index is 0. The van der Waals surface area contributed by atoms with Gasteiger partial charge in [-0.3, -0.25) is 0 Å². The van der Waals surface area contributed by atoms with E-state index in [4.69, 9.17) is 9.30 Å². The molecule has 3 aromatic carbocycles. The smallest absolute Gasteiger partial charge is 0 e. The van der Waals surface area contributed by atoms with Gasteiger partial charge in [-0.25, -0.2) is 0 Å². The summed E-state index contributed by atoms with van der Waals surface area (Å²) in [5, 5.41) is 4.19. The fraction of sp³-hybridized carbons (Fsp3) is 0.0714. The number of hydrogen-bond donors (Lipinski definition) is 0. The van der Waals surface area contributed by atoms with Gasteiger partial charge in [0.05, 0.1) is 0 Å². The van der Waals surface area contributed by atoms with Crippen molar-refractivity contribution in [3.05, 3.63) is 141 Å². The molecule has 162 valence electrons. The van der Waals surface area contributed by atoms with Crippen molar-refractivity contribution in [1.82, 2.24) is 0 Å². The fourth-order valence-electron chi connectivity index (χ4n) is 2.85. The molecular weight excluding hydrogens is 455 g/mol. The Bertz CT molecular complexity index is 847. The molecule has 0 bridgehead atoms. The van der Waals surface area contributed by atoms with Gasteiger partial charge in [-0.1, -0.05) is 127 Å². The maximum absolute atomic E-state index is 7.50. The van der Waals surface area contributed by atoms with E-state index in [0.29, 0.717) is 0 Å². The second-order valence-corrected chi connectivity index (χ2v) is 8.38. The van der Waals surface area contributed by atoms with E-state index in [1.165, 1.54) is 28.8 Å². The van der Waals surface area contributed by atoms with Crippen molar-refractivity contribution in [2.24, 2.45) is 0 Å². The normalized spacial score (nSPS) is 10.9. The van der Waals surface area contributed by atoms with E-state index >= 15 is 0 Å². The van der Waals surface area contributed by atoms with E-state index in [2.05, 4.69) is 141 Å². The van der Waals surface area contributed by atoms with Gasteiger partial charge in [0, 0.05) is 17.1 Å². The number of rotatable bonds is 3. The van der Waals surface area contributed by atoms with Gasteiger partial charge in [-0.15, -0.1) is 0 Å². The van der Waals surface area contributed by atoms with Crippen LogP contribution >= 0.6 is 7.92 Å². The van der Waals surface area contributed by atoms with Crippen LogP contribution in [0.25, 0.3) is 0 Å². The van der Waals surface area contributed by atoms with Gasteiger partial charge in [0.2, 0.25) is 0 Å². The Balaban J connectivity index is 0.000000625. The van der Waals surface area contributed by atoms with Crippen LogP contribution in [0, 0.1) is 13.3 Å². The van der Waals surface area contributed by atoms with Gasteiger partial charge in [-0.2, -0.15) is 0 Å². The molecule has 4 rings (SSSR count). The minimum Gasteiger partial charge on any atom is -0.0622 e. The molecule has 0 heterocycles. The molecule has 0 spiro atoms. The molecule has 0 unspecified atom stereocenters. The van der Waals surface area contributed by atoms with E-state index < -0.39 is 7.92 Å². The average Bonchev–Trinajstić information content (AvgIpc) is 2.84. The first kappa shape index (κ1) is 29.3. The molecule has 1 aliphatic rings. The number of hydrogen-bond acceptors (Lipinski definition) is 0. The molecule has 32 heavy (non-hydrogen) atoms. The molecule has 0 atom stereocenters. The van der Waals surface area contributed by atoms with Crippen LogP contribution in [0.15, 0.2) is 127 Å². The van der Waals surface area contributed by atoms with Crippen LogP contribution in [0.3, 0.4) is 0 Å². The number of benzene rings is 3. The second-order valence-electron chi connectivity index (χ2n) is 6.16. The summed E-state index contributed by atoms with van der Waals surface area (Å²) in [5.41, 5.74) is 0. The van der Waals surface area contributed by atoms with Crippen LogP contribution in [0.5, 0.6) is 0 Å². The van der Waals surface area contributed by atoms with E-state index in [9.17, 15) is 0 Å². The molecular formula is C28H25FeO2P. The summed E-state index contributed by atoms with van der Waals surface area (Å²) < 4.78 is 15.0. The average molecular weight is 480 g/mol. The third kappa shape index (κ3) is 11.1. The van der Waals surface area contributed by atoms with E-state index in [-0.39, 0.29) is 17.1 Å². The van der Waals surface area contributed by atoms with Gasteiger partial charge >= 0.3 is 22.6 Å². The Hall–Kier alpha value is -2.69. The molecule has 4 heteroatoms. The quantitative estimate of drug-likeness (QED) is 0.196. The molecule has 0 fully saturated rings. The fourth-order valence-corrected chi connectivity index (χ4v) is 5.15. The standard InChI is InChI=1S/C18H15P.C8H10.2CO.Fe/c1-4-10-16(11-5-1)19(17-12-6-2-7-13-17)18-14-8-3-9-15-18;1-2-4-6-8-7-5-3-1;2*1-2;/h1-15H;1-6H,7-8H2;;;. The van der Waals surface area contributed by atoms with Crippen molar-refractivity contribution < 1.29 is 26.4 Å². The van der Waals surface area contributed by atoms with Crippen molar-refractivity contribution in [2.45, 2.75) is 12.8 Å². The molecule has 2 nitrogen and oxygen atoms in total. The predicted octanol–water partition coefficient (Wildman–Crippen LogP) is 5.82. The summed E-state index contributed by atoms with van der Waals surface area (Å²) in [4.78, 5) is 0. The molecule has 1 aliphatic carbocycles. The predicted molar refractivity (Wildman–Crippen MR) is 130 cm³/mol. The largest absolute Gasteiger partial charge is 0.0622 e. The Labute approximate surface area is 203 Å². The summed E-state index contributed by atoms with van der Waals surface area (Å²) >= 11 is 0. The topological polar surface area (TPSA) is 39.8 Å². The molecule has 0 saturated carbocycles. The Morgan fingerprint density at radius 1 is 0.469 bits per heavy atom. The minimum atomic E-state index is -0.446. The first-order chi connectivity index (χ1) is 15.4. The van der Waals surface area contributed by atoms with Crippen molar-refractivity contribution in [3.8, 4) is 0 Å². The first-order valence-electron chi connectivity index (χ1n) is 9.79. The van der Waals surface area contributed by atoms with Crippen molar-refractivity contribution >= 4 is 23.8 Å². The summed E-state index contributed by atoms with van der Waals surface area (Å²) in [6.07, 6.45) is 15.0. The Kier molecular flexibility index (Phi) is 18.5. The zero-order chi connectivity index (χ0) is 22.6. The summed E-state index contributed by atoms with van der Waals surface area (Å²) in [6, 6.07) is 32.3. The molecule has 0 aromatic heterocycles. The maximum Gasteiger partial charge on any atom is 0 e. The van der Waals surface area contributed by atoms with Crippen molar-refractivity contribution in [1.29, 1.82) is 0 Å². The van der Waals surface area contributed by atoms with Gasteiger partial charge in [0.1, 0.15) is 0 Å². The first-order valence-corrected chi connectivity index (χ1v) is 11.1. The summed E-state index contributed by atoms with van der Waals surface area (Å²) in [5.74, 6) is 0.